The number of methoxy groups -OCH3 is 1. The molecule has 0 spiro atoms. The van der Waals surface area contributed by atoms with E-state index >= 15 is 0 Å². The summed E-state index contributed by atoms with van der Waals surface area (Å²) in [5.74, 6) is 0.897. The molecule has 2 N–H and O–H groups in total. The number of aryl methyl sites for hydroxylation is 1. The lowest BCUT2D eigenvalue weighted by molar-refractivity contribution is 0.414. The van der Waals surface area contributed by atoms with E-state index in [0.29, 0.717) is 5.11 Å². The van der Waals surface area contributed by atoms with Crippen molar-refractivity contribution in [2.75, 3.05) is 19.0 Å². The molecule has 1 heterocycles. The summed E-state index contributed by atoms with van der Waals surface area (Å²) in [5.41, 5.74) is 2.16. The zero-order valence-corrected chi connectivity index (χ0v) is 12.8. The number of benzene rings is 1. The SMILES string of the molecule is COc1cccc(CCCNC(=S)Nc2cccnc2)c1. The van der Waals surface area contributed by atoms with Gasteiger partial charge in [-0.2, -0.15) is 0 Å². The highest BCUT2D eigenvalue weighted by Crippen LogP contribution is 2.13. The number of ether oxygens (including phenoxy) is 1. The van der Waals surface area contributed by atoms with Gasteiger partial charge in [-0.15, -0.1) is 0 Å². The highest BCUT2D eigenvalue weighted by atomic mass is 32.1. The summed E-state index contributed by atoms with van der Waals surface area (Å²) in [6.45, 7) is 0.823. The van der Waals surface area contributed by atoms with Gasteiger partial charge in [-0.05, 0) is 54.9 Å². The summed E-state index contributed by atoms with van der Waals surface area (Å²) in [6.07, 6.45) is 5.46. The van der Waals surface area contributed by atoms with E-state index < -0.39 is 0 Å². The molecule has 2 rings (SSSR count). The second kappa shape index (κ2) is 8.21. The van der Waals surface area contributed by atoms with E-state index in [0.717, 1.165) is 30.8 Å². The van der Waals surface area contributed by atoms with Crippen molar-refractivity contribution in [1.82, 2.24) is 10.3 Å². The third kappa shape index (κ3) is 5.39. The van der Waals surface area contributed by atoms with Gasteiger partial charge in [0, 0.05) is 12.7 Å². The fraction of sp³-hybridized carbons (Fsp3) is 0.250. The molecule has 0 saturated heterocycles. The summed E-state index contributed by atoms with van der Waals surface area (Å²) in [4.78, 5) is 4.03. The van der Waals surface area contributed by atoms with Crippen LogP contribution in [0.4, 0.5) is 5.69 Å². The molecule has 110 valence electrons. The predicted octanol–water partition coefficient (Wildman–Crippen LogP) is 3.01. The Kier molecular flexibility index (Phi) is 5.97. The van der Waals surface area contributed by atoms with Gasteiger partial charge in [0.15, 0.2) is 5.11 Å². The van der Waals surface area contributed by atoms with Crippen molar-refractivity contribution in [3.63, 3.8) is 0 Å². The van der Waals surface area contributed by atoms with Crippen molar-refractivity contribution in [3.05, 3.63) is 54.4 Å². The molecule has 0 aliphatic heterocycles. The number of nitrogens with zero attached hydrogens (tertiary/aromatic N) is 1. The molecule has 0 atom stereocenters. The van der Waals surface area contributed by atoms with E-state index in [-0.39, 0.29) is 0 Å². The minimum absolute atomic E-state index is 0.619. The number of nitrogens with one attached hydrogen (secondary N) is 2. The van der Waals surface area contributed by atoms with Crippen molar-refractivity contribution in [3.8, 4) is 5.75 Å². The molecule has 0 fully saturated rings. The van der Waals surface area contributed by atoms with Gasteiger partial charge in [-0.3, -0.25) is 4.98 Å². The highest BCUT2D eigenvalue weighted by molar-refractivity contribution is 7.80. The van der Waals surface area contributed by atoms with Crippen molar-refractivity contribution >= 4 is 23.0 Å². The zero-order valence-electron chi connectivity index (χ0n) is 12.0. The Morgan fingerprint density at radius 1 is 1.29 bits per heavy atom. The van der Waals surface area contributed by atoms with E-state index in [1.54, 1.807) is 19.5 Å². The minimum atomic E-state index is 0.619. The number of thiocarbonyl (C=S) groups is 1. The molecule has 0 amide bonds. The van der Waals surface area contributed by atoms with Gasteiger partial charge >= 0.3 is 0 Å². The van der Waals surface area contributed by atoms with E-state index in [2.05, 4.69) is 27.8 Å². The second-order valence-corrected chi connectivity index (χ2v) is 4.99. The Balaban J connectivity index is 1.68. The van der Waals surface area contributed by atoms with Crippen molar-refractivity contribution in [2.45, 2.75) is 12.8 Å². The minimum Gasteiger partial charge on any atom is -0.497 e. The number of pyridine rings is 1. The van der Waals surface area contributed by atoms with Gasteiger partial charge in [0.05, 0.1) is 19.0 Å². The first kappa shape index (κ1) is 15.3. The van der Waals surface area contributed by atoms with Crippen molar-refractivity contribution in [2.24, 2.45) is 0 Å². The molecular formula is C16H19N3OS. The van der Waals surface area contributed by atoms with Crippen LogP contribution in [0, 0.1) is 0 Å². The van der Waals surface area contributed by atoms with Crippen LogP contribution in [0.5, 0.6) is 5.75 Å². The van der Waals surface area contributed by atoms with Gasteiger partial charge in [-0.1, -0.05) is 12.1 Å². The molecule has 5 heteroatoms. The zero-order chi connectivity index (χ0) is 14.9. The van der Waals surface area contributed by atoms with Gasteiger partial charge in [0.1, 0.15) is 5.75 Å². The fourth-order valence-electron chi connectivity index (χ4n) is 1.93. The van der Waals surface area contributed by atoms with Crippen LogP contribution < -0.4 is 15.4 Å². The van der Waals surface area contributed by atoms with Crippen LogP contribution >= 0.6 is 12.2 Å². The maximum Gasteiger partial charge on any atom is 0.170 e. The number of rotatable bonds is 6. The van der Waals surface area contributed by atoms with E-state index in [9.17, 15) is 0 Å². The van der Waals surface area contributed by atoms with E-state index in [1.165, 1.54) is 5.56 Å². The molecule has 0 unspecified atom stereocenters. The maximum atomic E-state index is 5.24. The average Bonchev–Trinajstić information content (AvgIpc) is 2.53. The largest absolute Gasteiger partial charge is 0.497 e. The van der Waals surface area contributed by atoms with Crippen LogP contribution in [0.15, 0.2) is 48.8 Å². The van der Waals surface area contributed by atoms with Gasteiger partial charge in [-0.25, -0.2) is 0 Å². The van der Waals surface area contributed by atoms with Gasteiger partial charge in [0.25, 0.3) is 0 Å². The molecule has 21 heavy (non-hydrogen) atoms. The third-order valence-corrected chi connectivity index (χ3v) is 3.23. The Hall–Kier alpha value is -2.14. The summed E-state index contributed by atoms with van der Waals surface area (Å²) in [6, 6.07) is 11.9. The molecule has 0 aliphatic rings. The summed E-state index contributed by atoms with van der Waals surface area (Å²) in [5, 5.41) is 6.91. The normalized spacial score (nSPS) is 9.95. The molecule has 1 aromatic carbocycles. The Morgan fingerprint density at radius 2 is 2.19 bits per heavy atom. The number of hydrogen-bond acceptors (Lipinski definition) is 3. The lowest BCUT2D eigenvalue weighted by Gasteiger charge is -2.10. The molecule has 0 saturated carbocycles. The van der Waals surface area contributed by atoms with Gasteiger partial charge < -0.3 is 15.4 Å². The molecule has 0 radical (unpaired) electrons. The van der Waals surface area contributed by atoms with Crippen molar-refractivity contribution in [1.29, 1.82) is 0 Å². The monoisotopic (exact) mass is 301 g/mol. The molecule has 4 nitrogen and oxygen atoms in total. The average molecular weight is 301 g/mol. The van der Waals surface area contributed by atoms with Crippen LogP contribution in [-0.2, 0) is 6.42 Å². The maximum absolute atomic E-state index is 5.24. The van der Waals surface area contributed by atoms with E-state index in [4.69, 9.17) is 17.0 Å². The Morgan fingerprint density at radius 3 is 2.95 bits per heavy atom. The Bertz CT molecular complexity index is 575. The quantitative estimate of drug-likeness (QED) is 0.634. The number of anilines is 1. The smallest absolute Gasteiger partial charge is 0.170 e. The molecule has 1 aromatic heterocycles. The summed E-state index contributed by atoms with van der Waals surface area (Å²) >= 11 is 5.24. The van der Waals surface area contributed by atoms with Crippen LogP contribution in [0.3, 0.4) is 0 Å². The van der Waals surface area contributed by atoms with E-state index in [1.807, 2.05) is 24.3 Å². The standard InChI is InChI=1S/C16H19N3OS/c1-20-15-8-2-5-13(11-15)6-3-10-18-16(21)19-14-7-4-9-17-12-14/h2,4-5,7-9,11-12H,3,6,10H2,1H3,(H2,18,19,21). The molecule has 2 aromatic rings. The topological polar surface area (TPSA) is 46.2 Å². The molecule has 0 bridgehead atoms. The number of aromatic nitrogens is 1. The van der Waals surface area contributed by atoms with Gasteiger partial charge in [0.2, 0.25) is 0 Å². The summed E-state index contributed by atoms with van der Waals surface area (Å²) in [7, 11) is 1.68. The first-order chi connectivity index (χ1) is 10.3. The second-order valence-electron chi connectivity index (χ2n) is 4.58. The summed E-state index contributed by atoms with van der Waals surface area (Å²) < 4.78 is 5.21. The van der Waals surface area contributed by atoms with Crippen LogP contribution in [-0.4, -0.2) is 23.8 Å². The third-order valence-electron chi connectivity index (χ3n) is 2.98. The fourth-order valence-corrected chi connectivity index (χ4v) is 2.15. The lowest BCUT2D eigenvalue weighted by atomic mass is 10.1. The van der Waals surface area contributed by atoms with Crippen LogP contribution in [0.1, 0.15) is 12.0 Å². The highest BCUT2D eigenvalue weighted by Gasteiger charge is 1.99. The molecular weight excluding hydrogens is 282 g/mol. The lowest BCUT2D eigenvalue weighted by Crippen LogP contribution is -2.29. The molecule has 0 aliphatic carbocycles. The Labute approximate surface area is 130 Å². The van der Waals surface area contributed by atoms with Crippen molar-refractivity contribution < 1.29 is 4.74 Å². The van der Waals surface area contributed by atoms with Crippen LogP contribution in [0.2, 0.25) is 0 Å². The first-order valence-electron chi connectivity index (χ1n) is 6.86. The van der Waals surface area contributed by atoms with Crippen LogP contribution in [0.25, 0.3) is 0 Å². The number of hydrogen-bond donors (Lipinski definition) is 2. The predicted molar refractivity (Wildman–Crippen MR) is 89.8 cm³/mol. The first-order valence-corrected chi connectivity index (χ1v) is 7.26.